The Bertz CT molecular complexity index is 272. The fraction of sp³-hybridized carbons (Fsp3) is 0.700. The maximum atomic E-state index is 10.7. The Labute approximate surface area is 86.2 Å². The highest BCUT2D eigenvalue weighted by atomic mass is 28.3. The lowest BCUT2D eigenvalue weighted by molar-refractivity contribution is 0.176. The van der Waals surface area contributed by atoms with Crippen LogP contribution in [0.2, 0.25) is 19.6 Å². The van der Waals surface area contributed by atoms with Crippen molar-refractivity contribution < 1.29 is 9.53 Å². The van der Waals surface area contributed by atoms with Crippen molar-refractivity contribution in [1.29, 1.82) is 0 Å². The van der Waals surface area contributed by atoms with E-state index in [9.17, 15) is 4.79 Å². The predicted molar refractivity (Wildman–Crippen MR) is 58.6 cm³/mol. The number of nitrogens with one attached hydrogen (secondary N) is 1. The molecule has 1 unspecified atom stereocenters. The fourth-order valence-corrected chi connectivity index (χ4v) is 1.81. The van der Waals surface area contributed by atoms with Crippen LogP contribution in [-0.4, -0.2) is 26.8 Å². The first-order chi connectivity index (χ1) is 6.47. The number of carbonyl (C=O) groups excluding carboxylic acids is 1. The zero-order chi connectivity index (χ0) is 10.6. The predicted octanol–water partition coefficient (Wildman–Crippen LogP) is 1.76. The van der Waals surface area contributed by atoms with Gasteiger partial charge in [0.2, 0.25) is 0 Å². The van der Waals surface area contributed by atoms with Gasteiger partial charge in [0.05, 0.1) is 6.04 Å². The third-order valence-electron chi connectivity index (χ3n) is 1.82. The van der Waals surface area contributed by atoms with Crippen LogP contribution in [0.25, 0.3) is 0 Å². The molecule has 1 aliphatic heterocycles. The van der Waals surface area contributed by atoms with Gasteiger partial charge in [0.15, 0.2) is 0 Å². The highest BCUT2D eigenvalue weighted by Crippen LogP contribution is 2.04. The zero-order valence-electron chi connectivity index (χ0n) is 9.02. The van der Waals surface area contributed by atoms with Crippen LogP contribution in [0.3, 0.4) is 0 Å². The van der Waals surface area contributed by atoms with Gasteiger partial charge in [-0.05, 0) is 6.42 Å². The van der Waals surface area contributed by atoms with Crippen LogP contribution in [0.5, 0.6) is 0 Å². The summed E-state index contributed by atoms with van der Waals surface area (Å²) in [5.74, 6) is 3.17. The van der Waals surface area contributed by atoms with E-state index in [2.05, 4.69) is 36.4 Å². The van der Waals surface area contributed by atoms with Crippen LogP contribution in [0.4, 0.5) is 4.79 Å². The van der Waals surface area contributed by atoms with E-state index in [1.165, 1.54) is 0 Å². The van der Waals surface area contributed by atoms with Crippen LogP contribution >= 0.6 is 0 Å². The van der Waals surface area contributed by atoms with Crippen molar-refractivity contribution in [1.82, 2.24) is 5.32 Å². The van der Waals surface area contributed by atoms with Gasteiger partial charge in [-0.1, -0.05) is 19.6 Å². The number of hydrogen-bond donors (Lipinski definition) is 1. The number of amides is 1. The lowest BCUT2D eigenvalue weighted by Gasteiger charge is -2.05. The number of alkyl carbamates (subject to hydrolysis) is 1. The maximum absolute atomic E-state index is 10.7. The summed E-state index contributed by atoms with van der Waals surface area (Å²) in [5, 5.41) is 2.73. The molecule has 1 N–H and O–H groups in total. The van der Waals surface area contributed by atoms with E-state index < -0.39 is 8.07 Å². The van der Waals surface area contributed by atoms with Crippen LogP contribution < -0.4 is 5.32 Å². The van der Waals surface area contributed by atoms with Crippen LogP contribution in [0.15, 0.2) is 0 Å². The number of carbonyl (C=O) groups is 1. The van der Waals surface area contributed by atoms with E-state index in [0.717, 1.165) is 12.8 Å². The zero-order valence-corrected chi connectivity index (χ0v) is 10.0. The second-order valence-corrected chi connectivity index (χ2v) is 9.28. The van der Waals surface area contributed by atoms with Crippen molar-refractivity contribution >= 4 is 14.2 Å². The molecule has 0 aromatic rings. The van der Waals surface area contributed by atoms with Crippen LogP contribution in [-0.2, 0) is 4.74 Å². The average molecular weight is 211 g/mol. The Hall–Kier alpha value is -0.953. The minimum atomic E-state index is -1.23. The van der Waals surface area contributed by atoms with E-state index in [-0.39, 0.29) is 12.1 Å². The summed E-state index contributed by atoms with van der Waals surface area (Å²) in [6.45, 7) is 7.16. The van der Waals surface area contributed by atoms with Crippen molar-refractivity contribution in [3.8, 4) is 11.5 Å². The van der Waals surface area contributed by atoms with E-state index in [1.54, 1.807) is 0 Å². The number of ether oxygens (including phenoxy) is 1. The summed E-state index contributed by atoms with van der Waals surface area (Å²) in [5.41, 5.74) is 3.29. The molecule has 0 saturated carbocycles. The molecule has 1 rings (SSSR count). The van der Waals surface area contributed by atoms with Crippen LogP contribution in [0.1, 0.15) is 12.8 Å². The molecule has 3 nitrogen and oxygen atoms in total. The Kier molecular flexibility index (Phi) is 3.59. The molecule has 78 valence electrons. The Morgan fingerprint density at radius 3 is 2.79 bits per heavy atom. The summed E-state index contributed by atoms with van der Waals surface area (Å²) in [4.78, 5) is 10.7. The largest absolute Gasteiger partial charge is 0.447 e. The molecule has 0 aromatic carbocycles. The first kappa shape index (κ1) is 11.1. The second-order valence-electron chi connectivity index (χ2n) is 4.53. The molecular formula is C10H17NO2Si. The SMILES string of the molecule is C[Si](C)(C)C#CCCC1COC(=O)N1. The lowest BCUT2D eigenvalue weighted by atomic mass is 10.2. The fourth-order valence-electron chi connectivity index (χ4n) is 1.16. The van der Waals surface area contributed by atoms with Gasteiger partial charge in [-0.25, -0.2) is 4.79 Å². The average Bonchev–Trinajstić information content (AvgIpc) is 2.44. The smallest absolute Gasteiger partial charge is 0.407 e. The van der Waals surface area contributed by atoms with E-state index in [1.807, 2.05) is 0 Å². The minimum absolute atomic E-state index is 0.165. The van der Waals surface area contributed by atoms with E-state index >= 15 is 0 Å². The maximum Gasteiger partial charge on any atom is 0.407 e. The van der Waals surface area contributed by atoms with Crippen molar-refractivity contribution in [3.63, 3.8) is 0 Å². The highest BCUT2D eigenvalue weighted by molar-refractivity contribution is 6.83. The topological polar surface area (TPSA) is 38.3 Å². The number of hydrogen-bond acceptors (Lipinski definition) is 2. The van der Waals surface area contributed by atoms with Gasteiger partial charge >= 0.3 is 6.09 Å². The standard InChI is InChI=1S/C10H17NO2Si/c1-14(2,3)7-5-4-6-9-8-13-10(12)11-9/h9H,4,6,8H2,1-3H3,(H,11,12). The van der Waals surface area contributed by atoms with Gasteiger partial charge in [-0.2, -0.15) is 0 Å². The van der Waals surface area contributed by atoms with Gasteiger partial charge in [-0.3, -0.25) is 0 Å². The van der Waals surface area contributed by atoms with E-state index in [4.69, 9.17) is 4.74 Å². The molecule has 4 heteroatoms. The summed E-state index contributed by atoms with van der Waals surface area (Å²) in [7, 11) is -1.23. The van der Waals surface area contributed by atoms with E-state index in [0.29, 0.717) is 6.61 Å². The number of cyclic esters (lactones) is 1. The third kappa shape index (κ3) is 4.33. The Morgan fingerprint density at radius 2 is 2.29 bits per heavy atom. The molecule has 1 atom stereocenters. The van der Waals surface area contributed by atoms with Gasteiger partial charge in [0, 0.05) is 6.42 Å². The minimum Gasteiger partial charge on any atom is -0.447 e. The molecule has 0 spiro atoms. The van der Waals surface area contributed by atoms with Gasteiger partial charge < -0.3 is 10.1 Å². The van der Waals surface area contributed by atoms with Crippen molar-refractivity contribution in [2.75, 3.05) is 6.61 Å². The molecule has 1 saturated heterocycles. The molecule has 1 heterocycles. The molecule has 0 bridgehead atoms. The summed E-state index contributed by atoms with van der Waals surface area (Å²) >= 11 is 0. The Balaban J connectivity index is 2.21. The molecule has 0 aromatic heterocycles. The lowest BCUT2D eigenvalue weighted by Crippen LogP contribution is -2.25. The molecular weight excluding hydrogens is 194 g/mol. The number of rotatable bonds is 2. The normalized spacial score (nSPS) is 20.8. The molecule has 0 radical (unpaired) electrons. The second kappa shape index (κ2) is 4.51. The molecule has 1 aliphatic rings. The first-order valence-electron chi connectivity index (χ1n) is 4.91. The quantitative estimate of drug-likeness (QED) is 0.558. The monoisotopic (exact) mass is 211 g/mol. The first-order valence-corrected chi connectivity index (χ1v) is 8.41. The van der Waals surface area contributed by atoms with Gasteiger partial charge in [0.1, 0.15) is 14.7 Å². The van der Waals surface area contributed by atoms with Gasteiger partial charge in [-0.15, -0.1) is 11.5 Å². The molecule has 1 amide bonds. The summed E-state index contributed by atoms with van der Waals surface area (Å²) < 4.78 is 4.77. The van der Waals surface area contributed by atoms with Gasteiger partial charge in [0.25, 0.3) is 0 Å². The third-order valence-corrected chi connectivity index (χ3v) is 2.75. The molecule has 1 fully saturated rings. The Morgan fingerprint density at radius 1 is 1.57 bits per heavy atom. The molecule has 0 aliphatic carbocycles. The van der Waals surface area contributed by atoms with Crippen molar-refractivity contribution in [2.45, 2.75) is 38.5 Å². The molecule has 14 heavy (non-hydrogen) atoms. The van der Waals surface area contributed by atoms with Crippen molar-refractivity contribution in [3.05, 3.63) is 0 Å². The van der Waals surface area contributed by atoms with Crippen LogP contribution in [0, 0.1) is 11.5 Å². The summed E-state index contributed by atoms with van der Waals surface area (Å²) in [6.07, 6.45) is 1.44. The van der Waals surface area contributed by atoms with Crippen molar-refractivity contribution in [2.24, 2.45) is 0 Å². The highest BCUT2D eigenvalue weighted by Gasteiger charge is 2.20. The summed E-state index contributed by atoms with van der Waals surface area (Å²) in [6, 6.07) is 0.165.